The molecule has 1 unspecified atom stereocenters. The topological polar surface area (TPSA) is 49.3 Å². The molecule has 0 aromatic heterocycles. The molecule has 0 saturated carbocycles. The van der Waals surface area contributed by atoms with Crippen LogP contribution in [0.15, 0.2) is 0 Å². The SMILES string of the molecule is O=C(O)C1C[Se]CN1. The average molecular weight is 180 g/mol. The van der Waals surface area contributed by atoms with Gasteiger partial charge in [-0.05, 0) is 0 Å². The summed E-state index contributed by atoms with van der Waals surface area (Å²) in [4.78, 5) is 10.1. The summed E-state index contributed by atoms with van der Waals surface area (Å²) in [5.74, 6) is -0.704. The first-order chi connectivity index (χ1) is 3.80. The molecule has 0 amide bonds. The molecule has 0 aromatic rings. The van der Waals surface area contributed by atoms with Crippen molar-refractivity contribution in [2.45, 2.75) is 11.4 Å². The second kappa shape index (κ2) is 2.48. The first-order valence-electron chi connectivity index (χ1n) is 2.34. The molecular formula is C4H7NO2Se. The van der Waals surface area contributed by atoms with E-state index in [1.54, 1.807) is 0 Å². The van der Waals surface area contributed by atoms with Crippen LogP contribution in [0.25, 0.3) is 0 Å². The third kappa shape index (κ3) is 1.22. The van der Waals surface area contributed by atoms with Gasteiger partial charge >= 0.3 is 52.9 Å². The number of carbonyl (C=O) groups is 1. The van der Waals surface area contributed by atoms with Crippen LogP contribution in [0.5, 0.6) is 0 Å². The van der Waals surface area contributed by atoms with E-state index in [2.05, 4.69) is 5.32 Å². The van der Waals surface area contributed by atoms with Gasteiger partial charge in [0.05, 0.1) is 0 Å². The Morgan fingerprint density at radius 2 is 2.62 bits per heavy atom. The van der Waals surface area contributed by atoms with Crippen LogP contribution in [-0.2, 0) is 4.79 Å². The van der Waals surface area contributed by atoms with Gasteiger partial charge in [0, 0.05) is 0 Å². The molecule has 0 aliphatic carbocycles. The molecule has 0 radical (unpaired) electrons. The molecule has 4 heteroatoms. The number of hydrogen-bond acceptors (Lipinski definition) is 2. The fourth-order valence-electron chi connectivity index (χ4n) is 0.554. The Morgan fingerprint density at radius 3 is 2.88 bits per heavy atom. The molecule has 1 atom stereocenters. The first kappa shape index (κ1) is 6.08. The normalized spacial score (nSPS) is 28.2. The summed E-state index contributed by atoms with van der Waals surface area (Å²) < 4.78 is 0. The van der Waals surface area contributed by atoms with E-state index in [1.165, 1.54) is 0 Å². The Labute approximate surface area is 53.6 Å². The van der Waals surface area contributed by atoms with Gasteiger partial charge in [0.1, 0.15) is 0 Å². The fraction of sp³-hybridized carbons (Fsp3) is 0.750. The van der Waals surface area contributed by atoms with Crippen LogP contribution in [0.3, 0.4) is 0 Å². The van der Waals surface area contributed by atoms with Crippen molar-refractivity contribution in [1.82, 2.24) is 5.32 Å². The van der Waals surface area contributed by atoms with Gasteiger partial charge in [-0.2, -0.15) is 0 Å². The zero-order valence-electron chi connectivity index (χ0n) is 4.26. The number of aliphatic carboxylic acids is 1. The van der Waals surface area contributed by atoms with Crippen molar-refractivity contribution >= 4 is 20.9 Å². The molecule has 1 aliphatic heterocycles. The second-order valence-electron chi connectivity index (χ2n) is 1.61. The molecule has 1 saturated heterocycles. The maximum absolute atomic E-state index is 10.1. The van der Waals surface area contributed by atoms with Crippen molar-refractivity contribution in [1.29, 1.82) is 0 Å². The molecule has 3 nitrogen and oxygen atoms in total. The molecule has 0 spiro atoms. The Hall–Kier alpha value is -0.0505. The molecule has 46 valence electrons. The van der Waals surface area contributed by atoms with Crippen molar-refractivity contribution in [3.8, 4) is 0 Å². The predicted octanol–water partition coefficient (Wildman–Crippen LogP) is -0.877. The van der Waals surface area contributed by atoms with Crippen LogP contribution >= 0.6 is 0 Å². The summed E-state index contributed by atoms with van der Waals surface area (Å²) in [6.07, 6.45) is 0. The molecular weight excluding hydrogens is 173 g/mol. The Kier molecular flexibility index (Phi) is 1.89. The van der Waals surface area contributed by atoms with Gasteiger partial charge in [-0.3, -0.25) is 0 Å². The molecule has 2 N–H and O–H groups in total. The van der Waals surface area contributed by atoms with Gasteiger partial charge in [0.15, 0.2) is 0 Å². The monoisotopic (exact) mass is 181 g/mol. The third-order valence-electron chi connectivity index (χ3n) is 1.01. The Bertz CT molecular complexity index is 100. The van der Waals surface area contributed by atoms with E-state index in [0.29, 0.717) is 15.0 Å². The Balaban J connectivity index is 2.35. The number of nitrogens with one attached hydrogen (secondary N) is 1. The van der Waals surface area contributed by atoms with Crippen LogP contribution in [0.2, 0.25) is 5.32 Å². The number of carboxylic acids is 1. The van der Waals surface area contributed by atoms with Crippen LogP contribution in [-0.4, -0.2) is 37.5 Å². The summed E-state index contributed by atoms with van der Waals surface area (Å²) >= 11 is 0.531. The minimum atomic E-state index is -0.704. The predicted molar refractivity (Wildman–Crippen MR) is 30.0 cm³/mol. The van der Waals surface area contributed by atoms with Crippen molar-refractivity contribution < 1.29 is 9.90 Å². The zero-order valence-corrected chi connectivity index (χ0v) is 5.97. The molecule has 8 heavy (non-hydrogen) atoms. The van der Waals surface area contributed by atoms with E-state index in [0.717, 1.165) is 10.8 Å². The van der Waals surface area contributed by atoms with E-state index in [9.17, 15) is 4.79 Å². The minimum absolute atomic E-state index is 0.241. The third-order valence-corrected chi connectivity index (χ3v) is 2.99. The summed E-state index contributed by atoms with van der Waals surface area (Å²) in [6, 6.07) is -0.241. The molecule has 0 bridgehead atoms. The van der Waals surface area contributed by atoms with Gasteiger partial charge < -0.3 is 0 Å². The van der Waals surface area contributed by atoms with Gasteiger partial charge in [0.25, 0.3) is 0 Å². The second-order valence-corrected chi connectivity index (χ2v) is 3.77. The van der Waals surface area contributed by atoms with Crippen LogP contribution in [0.1, 0.15) is 0 Å². The summed E-state index contributed by atoms with van der Waals surface area (Å²) in [7, 11) is 0. The maximum atomic E-state index is 10.1. The fourth-order valence-corrected chi connectivity index (χ4v) is 2.51. The van der Waals surface area contributed by atoms with Crippen molar-refractivity contribution in [3.05, 3.63) is 0 Å². The standard InChI is InChI=1S/C4H7NO2Se/c6-4(7)3-1-8-2-5-3/h3,5H,1-2H2,(H,6,7). The number of carboxylic acid groups (broad SMARTS) is 1. The molecule has 1 fully saturated rings. The van der Waals surface area contributed by atoms with Gasteiger partial charge in [-0.15, -0.1) is 0 Å². The van der Waals surface area contributed by atoms with Crippen molar-refractivity contribution in [2.24, 2.45) is 0 Å². The van der Waals surface area contributed by atoms with E-state index in [4.69, 9.17) is 5.11 Å². The van der Waals surface area contributed by atoms with Gasteiger partial charge in [-0.25, -0.2) is 0 Å². The van der Waals surface area contributed by atoms with E-state index >= 15 is 0 Å². The zero-order chi connectivity index (χ0) is 5.98. The van der Waals surface area contributed by atoms with Crippen molar-refractivity contribution in [3.63, 3.8) is 0 Å². The first-order valence-corrected chi connectivity index (χ1v) is 4.77. The Morgan fingerprint density at radius 1 is 1.88 bits per heavy atom. The number of hydrogen-bond donors (Lipinski definition) is 2. The van der Waals surface area contributed by atoms with Crippen molar-refractivity contribution in [2.75, 3.05) is 5.44 Å². The molecule has 1 aliphatic rings. The quantitative estimate of drug-likeness (QED) is 0.515. The average Bonchev–Trinajstić information content (AvgIpc) is 2.12. The molecule has 1 rings (SSSR count). The molecule has 1 heterocycles. The molecule has 0 aromatic carbocycles. The van der Waals surface area contributed by atoms with Gasteiger partial charge in [-0.1, -0.05) is 0 Å². The van der Waals surface area contributed by atoms with Crippen LogP contribution in [0, 0.1) is 0 Å². The van der Waals surface area contributed by atoms with Crippen LogP contribution < -0.4 is 5.32 Å². The van der Waals surface area contributed by atoms with E-state index < -0.39 is 5.97 Å². The van der Waals surface area contributed by atoms with Crippen LogP contribution in [0.4, 0.5) is 0 Å². The summed E-state index contributed by atoms with van der Waals surface area (Å²) in [5.41, 5.74) is 0.921. The van der Waals surface area contributed by atoms with E-state index in [-0.39, 0.29) is 6.04 Å². The summed E-state index contributed by atoms with van der Waals surface area (Å²) in [5, 5.41) is 12.1. The van der Waals surface area contributed by atoms with Gasteiger partial charge in [0.2, 0.25) is 0 Å². The number of rotatable bonds is 1. The summed E-state index contributed by atoms with van der Waals surface area (Å²) in [6.45, 7) is 0. The van der Waals surface area contributed by atoms with E-state index in [1.807, 2.05) is 0 Å².